The van der Waals surface area contributed by atoms with Crippen molar-refractivity contribution in [1.82, 2.24) is 0 Å². The summed E-state index contributed by atoms with van der Waals surface area (Å²) in [6.07, 6.45) is -0.594. The first kappa shape index (κ1) is 13.5. The molecule has 4 nitrogen and oxygen atoms in total. The van der Waals surface area contributed by atoms with E-state index in [1.807, 2.05) is 0 Å². The zero-order valence-corrected chi connectivity index (χ0v) is 11.0. The maximum absolute atomic E-state index is 13.1. The topological polar surface area (TPSA) is 52.6 Å². The fraction of sp³-hybridized carbons (Fsp3) is 0.429. The predicted octanol–water partition coefficient (Wildman–Crippen LogP) is 2.36. The van der Waals surface area contributed by atoms with Crippen molar-refractivity contribution in [3.63, 3.8) is 0 Å². The maximum Gasteiger partial charge on any atom is 0.315 e. The number of hydrogen-bond acceptors (Lipinski definition) is 4. The van der Waals surface area contributed by atoms with E-state index >= 15 is 0 Å². The molecule has 1 heterocycles. The van der Waals surface area contributed by atoms with Crippen molar-refractivity contribution >= 4 is 11.8 Å². The third-order valence-corrected chi connectivity index (χ3v) is 3.40. The molecule has 0 saturated heterocycles. The number of fused-ring (bicyclic) bond motifs is 1. The van der Waals surface area contributed by atoms with E-state index < -0.39 is 23.3 Å². The maximum atomic E-state index is 13.1. The van der Waals surface area contributed by atoms with Crippen LogP contribution < -0.4 is 4.74 Å². The number of carbonyl (C=O) groups is 2. The minimum Gasteiger partial charge on any atom is -0.488 e. The summed E-state index contributed by atoms with van der Waals surface area (Å²) >= 11 is 0. The summed E-state index contributed by atoms with van der Waals surface area (Å²) in [5.41, 5.74) is -0.729. The minimum absolute atomic E-state index is 0.0263. The highest BCUT2D eigenvalue weighted by Crippen LogP contribution is 2.36. The summed E-state index contributed by atoms with van der Waals surface area (Å²) in [4.78, 5) is 23.7. The second kappa shape index (κ2) is 4.64. The average molecular weight is 266 g/mol. The summed E-state index contributed by atoms with van der Waals surface area (Å²) in [6, 6.07) is 3.78. The minimum atomic E-state index is -0.948. The van der Waals surface area contributed by atoms with Crippen molar-refractivity contribution in [2.75, 3.05) is 7.11 Å². The number of Topliss-reactive ketones (excluding diaryl/α,β-unsaturated/α-hetero) is 1. The van der Waals surface area contributed by atoms with E-state index in [9.17, 15) is 14.0 Å². The number of esters is 1. The number of hydrogen-bond donors (Lipinski definition) is 0. The Morgan fingerprint density at radius 2 is 2.16 bits per heavy atom. The molecule has 1 atom stereocenters. The SMILES string of the molecule is COC(=O)C(C)(C)[C@@H]1CC(=O)c2cc(F)ccc2O1. The molecular formula is C14H15FO4. The van der Waals surface area contributed by atoms with Gasteiger partial charge in [0.2, 0.25) is 0 Å². The summed E-state index contributed by atoms with van der Waals surface area (Å²) in [7, 11) is 1.29. The third kappa shape index (κ3) is 2.32. The second-order valence-electron chi connectivity index (χ2n) is 5.09. The van der Waals surface area contributed by atoms with Gasteiger partial charge in [-0.1, -0.05) is 0 Å². The molecule has 2 rings (SSSR count). The summed E-state index contributed by atoms with van der Waals surface area (Å²) < 4.78 is 23.5. The van der Waals surface area contributed by atoms with Crippen molar-refractivity contribution in [1.29, 1.82) is 0 Å². The zero-order chi connectivity index (χ0) is 14.2. The van der Waals surface area contributed by atoms with Gasteiger partial charge < -0.3 is 9.47 Å². The van der Waals surface area contributed by atoms with Crippen LogP contribution in [0.4, 0.5) is 4.39 Å². The Labute approximate surface area is 110 Å². The Bertz CT molecular complexity index is 536. The number of rotatable bonds is 2. The number of ether oxygens (including phenoxy) is 2. The highest BCUT2D eigenvalue weighted by molar-refractivity contribution is 6.00. The van der Waals surface area contributed by atoms with Gasteiger partial charge in [0.1, 0.15) is 17.7 Å². The van der Waals surface area contributed by atoms with Crippen LogP contribution in [0.2, 0.25) is 0 Å². The van der Waals surface area contributed by atoms with Crippen LogP contribution in [0.5, 0.6) is 5.75 Å². The monoisotopic (exact) mass is 266 g/mol. The van der Waals surface area contributed by atoms with E-state index in [1.165, 1.54) is 19.2 Å². The van der Waals surface area contributed by atoms with Gasteiger partial charge in [0, 0.05) is 6.42 Å². The lowest BCUT2D eigenvalue weighted by Gasteiger charge is -2.34. The van der Waals surface area contributed by atoms with E-state index in [2.05, 4.69) is 0 Å². The highest BCUT2D eigenvalue weighted by atomic mass is 19.1. The summed E-state index contributed by atoms with van der Waals surface area (Å²) in [5.74, 6) is -0.861. The molecule has 5 heteroatoms. The molecule has 0 spiro atoms. The first-order chi connectivity index (χ1) is 8.86. The van der Waals surface area contributed by atoms with Crippen molar-refractivity contribution in [3.8, 4) is 5.75 Å². The first-order valence-corrected chi connectivity index (χ1v) is 5.94. The van der Waals surface area contributed by atoms with E-state index in [0.29, 0.717) is 5.75 Å². The lowest BCUT2D eigenvalue weighted by molar-refractivity contribution is -0.156. The van der Waals surface area contributed by atoms with Gasteiger partial charge in [-0.15, -0.1) is 0 Å². The van der Waals surface area contributed by atoms with Crippen molar-refractivity contribution in [2.45, 2.75) is 26.4 Å². The molecular weight excluding hydrogens is 251 g/mol. The van der Waals surface area contributed by atoms with Crippen LogP contribution in [0.15, 0.2) is 18.2 Å². The number of benzene rings is 1. The molecule has 0 bridgehead atoms. The molecule has 0 unspecified atom stereocenters. The summed E-state index contributed by atoms with van der Waals surface area (Å²) in [5, 5.41) is 0. The number of carbonyl (C=O) groups excluding carboxylic acids is 2. The van der Waals surface area contributed by atoms with Crippen LogP contribution in [-0.2, 0) is 9.53 Å². The predicted molar refractivity (Wildman–Crippen MR) is 65.6 cm³/mol. The lowest BCUT2D eigenvalue weighted by Crippen LogP contribution is -2.45. The molecule has 0 aromatic heterocycles. The Morgan fingerprint density at radius 3 is 2.79 bits per heavy atom. The van der Waals surface area contributed by atoms with E-state index in [4.69, 9.17) is 9.47 Å². The van der Waals surface area contributed by atoms with Gasteiger partial charge in [-0.2, -0.15) is 0 Å². The van der Waals surface area contributed by atoms with Gasteiger partial charge in [0.05, 0.1) is 18.1 Å². The molecule has 0 amide bonds. The standard InChI is InChI=1S/C14H15FO4/c1-14(2,13(17)18-3)12-7-10(16)9-6-8(15)4-5-11(9)19-12/h4-6,12H,7H2,1-3H3/t12-/m0/s1. The Morgan fingerprint density at radius 1 is 1.47 bits per heavy atom. The second-order valence-corrected chi connectivity index (χ2v) is 5.09. The molecule has 19 heavy (non-hydrogen) atoms. The van der Waals surface area contributed by atoms with Crippen LogP contribution >= 0.6 is 0 Å². The van der Waals surface area contributed by atoms with Gasteiger partial charge in [-0.05, 0) is 32.0 Å². The van der Waals surface area contributed by atoms with E-state index in [1.54, 1.807) is 13.8 Å². The molecule has 0 saturated carbocycles. The molecule has 1 aromatic rings. The van der Waals surface area contributed by atoms with Crippen molar-refractivity contribution in [2.24, 2.45) is 5.41 Å². The number of ketones is 1. The van der Waals surface area contributed by atoms with Gasteiger partial charge in [0.15, 0.2) is 5.78 Å². The zero-order valence-electron chi connectivity index (χ0n) is 11.0. The Balaban J connectivity index is 2.34. The highest BCUT2D eigenvalue weighted by Gasteiger charge is 2.43. The van der Waals surface area contributed by atoms with Gasteiger partial charge >= 0.3 is 5.97 Å². The quantitative estimate of drug-likeness (QED) is 0.771. The molecule has 1 aliphatic heterocycles. The van der Waals surface area contributed by atoms with Gasteiger partial charge in [-0.25, -0.2) is 4.39 Å². The van der Waals surface area contributed by atoms with Crippen LogP contribution in [0, 0.1) is 11.2 Å². The molecule has 0 N–H and O–H groups in total. The van der Waals surface area contributed by atoms with Crippen LogP contribution in [0.25, 0.3) is 0 Å². The van der Waals surface area contributed by atoms with Crippen LogP contribution in [0.3, 0.4) is 0 Å². The third-order valence-electron chi connectivity index (χ3n) is 3.40. The van der Waals surface area contributed by atoms with E-state index in [0.717, 1.165) is 6.07 Å². The Kier molecular flexibility index (Phi) is 3.30. The normalized spacial score (nSPS) is 18.5. The van der Waals surface area contributed by atoms with Crippen molar-refractivity contribution < 1.29 is 23.5 Å². The molecule has 1 aliphatic rings. The molecule has 0 aliphatic carbocycles. The smallest absolute Gasteiger partial charge is 0.315 e. The largest absolute Gasteiger partial charge is 0.488 e. The Hall–Kier alpha value is -1.91. The number of halogens is 1. The first-order valence-electron chi connectivity index (χ1n) is 5.94. The lowest BCUT2D eigenvalue weighted by atomic mass is 9.81. The number of methoxy groups -OCH3 is 1. The van der Waals surface area contributed by atoms with Crippen LogP contribution in [-0.4, -0.2) is 25.0 Å². The molecule has 1 aromatic carbocycles. The average Bonchev–Trinajstić information content (AvgIpc) is 2.38. The van der Waals surface area contributed by atoms with Gasteiger partial charge in [-0.3, -0.25) is 9.59 Å². The van der Waals surface area contributed by atoms with Crippen molar-refractivity contribution in [3.05, 3.63) is 29.6 Å². The molecule has 102 valence electrons. The fourth-order valence-electron chi connectivity index (χ4n) is 2.09. The van der Waals surface area contributed by atoms with Gasteiger partial charge in [0.25, 0.3) is 0 Å². The van der Waals surface area contributed by atoms with Crippen LogP contribution in [0.1, 0.15) is 30.6 Å². The molecule has 0 radical (unpaired) electrons. The fourth-order valence-corrected chi connectivity index (χ4v) is 2.09. The molecule has 0 fully saturated rings. The van der Waals surface area contributed by atoms with E-state index in [-0.39, 0.29) is 17.8 Å². The summed E-state index contributed by atoms with van der Waals surface area (Å²) in [6.45, 7) is 3.32.